The minimum atomic E-state index is -0.377. The standard InChI is InChI=1S/C17H15N3O4/c1-22-12-3-4-15(23-2)13(9-12)16-10-14(20-24-16)17(21)19-11-5-7-18-8-6-11/h3-10H,1-2H3,(H,18,19,21). The first-order valence-electron chi connectivity index (χ1n) is 7.11. The van der Waals surface area contributed by atoms with Gasteiger partial charge in [0.1, 0.15) is 11.5 Å². The van der Waals surface area contributed by atoms with Gasteiger partial charge >= 0.3 is 0 Å². The molecule has 1 N–H and O–H groups in total. The number of methoxy groups -OCH3 is 2. The van der Waals surface area contributed by atoms with Crippen molar-refractivity contribution in [1.29, 1.82) is 0 Å². The summed E-state index contributed by atoms with van der Waals surface area (Å²) < 4.78 is 15.8. The Morgan fingerprint density at radius 1 is 1.08 bits per heavy atom. The van der Waals surface area contributed by atoms with Crippen molar-refractivity contribution in [2.45, 2.75) is 0 Å². The van der Waals surface area contributed by atoms with E-state index >= 15 is 0 Å². The lowest BCUT2D eigenvalue weighted by atomic mass is 10.1. The van der Waals surface area contributed by atoms with Crippen LogP contribution >= 0.6 is 0 Å². The van der Waals surface area contributed by atoms with Crippen LogP contribution in [-0.4, -0.2) is 30.3 Å². The Hall–Kier alpha value is -3.35. The van der Waals surface area contributed by atoms with Gasteiger partial charge in [-0.2, -0.15) is 0 Å². The molecular weight excluding hydrogens is 310 g/mol. The van der Waals surface area contributed by atoms with Gasteiger partial charge in [-0.15, -0.1) is 0 Å². The maximum atomic E-state index is 12.2. The molecule has 0 radical (unpaired) electrons. The number of hydrogen-bond acceptors (Lipinski definition) is 6. The number of aromatic nitrogens is 2. The minimum Gasteiger partial charge on any atom is -0.497 e. The van der Waals surface area contributed by atoms with Gasteiger partial charge in [-0.3, -0.25) is 9.78 Å². The highest BCUT2D eigenvalue weighted by Gasteiger charge is 2.17. The third kappa shape index (κ3) is 3.19. The average Bonchev–Trinajstić information content (AvgIpc) is 3.12. The van der Waals surface area contributed by atoms with Crippen LogP contribution in [0.4, 0.5) is 5.69 Å². The lowest BCUT2D eigenvalue weighted by Crippen LogP contribution is -2.11. The summed E-state index contributed by atoms with van der Waals surface area (Å²) in [5, 5.41) is 6.54. The monoisotopic (exact) mass is 325 g/mol. The lowest BCUT2D eigenvalue weighted by Gasteiger charge is -2.07. The highest BCUT2D eigenvalue weighted by molar-refractivity contribution is 6.03. The van der Waals surface area contributed by atoms with Crippen LogP contribution in [0.2, 0.25) is 0 Å². The van der Waals surface area contributed by atoms with Crippen molar-refractivity contribution in [2.24, 2.45) is 0 Å². The van der Waals surface area contributed by atoms with Gasteiger partial charge in [0.05, 0.1) is 19.8 Å². The summed E-state index contributed by atoms with van der Waals surface area (Å²) in [5.74, 6) is 1.27. The molecule has 24 heavy (non-hydrogen) atoms. The fraction of sp³-hybridized carbons (Fsp3) is 0.118. The summed E-state index contributed by atoms with van der Waals surface area (Å²) in [6.07, 6.45) is 3.18. The van der Waals surface area contributed by atoms with Crippen LogP contribution in [0.3, 0.4) is 0 Å². The lowest BCUT2D eigenvalue weighted by molar-refractivity contribution is 0.101. The highest BCUT2D eigenvalue weighted by atomic mass is 16.5. The van der Waals surface area contributed by atoms with E-state index in [-0.39, 0.29) is 11.6 Å². The van der Waals surface area contributed by atoms with Crippen LogP contribution in [0.15, 0.2) is 53.3 Å². The second kappa shape index (κ2) is 6.82. The molecule has 0 aliphatic rings. The first-order valence-corrected chi connectivity index (χ1v) is 7.11. The molecular formula is C17H15N3O4. The number of amides is 1. The Bertz CT molecular complexity index is 846. The molecule has 0 aliphatic carbocycles. The number of anilines is 1. The molecule has 7 nitrogen and oxygen atoms in total. The van der Waals surface area contributed by atoms with E-state index in [0.29, 0.717) is 28.5 Å². The van der Waals surface area contributed by atoms with Crippen molar-refractivity contribution in [3.63, 3.8) is 0 Å². The van der Waals surface area contributed by atoms with Gasteiger partial charge in [0, 0.05) is 24.1 Å². The Morgan fingerprint density at radius 3 is 2.58 bits per heavy atom. The number of carbonyl (C=O) groups is 1. The van der Waals surface area contributed by atoms with Crippen LogP contribution in [0.1, 0.15) is 10.5 Å². The zero-order valence-electron chi connectivity index (χ0n) is 13.1. The number of carbonyl (C=O) groups excluding carboxylic acids is 1. The van der Waals surface area contributed by atoms with E-state index in [1.165, 1.54) is 0 Å². The second-order valence-corrected chi connectivity index (χ2v) is 4.83. The van der Waals surface area contributed by atoms with E-state index in [4.69, 9.17) is 14.0 Å². The van der Waals surface area contributed by atoms with Gasteiger partial charge in [0.25, 0.3) is 5.91 Å². The first kappa shape index (κ1) is 15.5. The van der Waals surface area contributed by atoms with Crippen LogP contribution in [-0.2, 0) is 0 Å². The molecule has 1 aromatic carbocycles. The summed E-state index contributed by atoms with van der Waals surface area (Å²) in [7, 11) is 3.12. The van der Waals surface area contributed by atoms with Crippen molar-refractivity contribution in [2.75, 3.05) is 19.5 Å². The first-order chi connectivity index (χ1) is 11.7. The number of nitrogens with zero attached hydrogens (tertiary/aromatic N) is 2. The zero-order chi connectivity index (χ0) is 16.9. The quantitative estimate of drug-likeness (QED) is 0.776. The zero-order valence-corrected chi connectivity index (χ0v) is 13.1. The molecule has 0 fully saturated rings. The van der Waals surface area contributed by atoms with Crippen molar-refractivity contribution in [1.82, 2.24) is 10.1 Å². The van der Waals surface area contributed by atoms with Crippen molar-refractivity contribution >= 4 is 11.6 Å². The third-order valence-electron chi connectivity index (χ3n) is 3.35. The highest BCUT2D eigenvalue weighted by Crippen LogP contribution is 2.33. The van der Waals surface area contributed by atoms with Gasteiger partial charge in [-0.25, -0.2) is 0 Å². The summed E-state index contributed by atoms with van der Waals surface area (Å²) >= 11 is 0. The van der Waals surface area contributed by atoms with Crippen LogP contribution in [0.5, 0.6) is 11.5 Å². The minimum absolute atomic E-state index is 0.159. The van der Waals surface area contributed by atoms with Gasteiger partial charge in [0.2, 0.25) is 0 Å². The normalized spacial score (nSPS) is 10.2. The van der Waals surface area contributed by atoms with Gasteiger partial charge < -0.3 is 19.3 Å². The largest absolute Gasteiger partial charge is 0.497 e. The molecule has 3 rings (SSSR count). The molecule has 2 aromatic heterocycles. The summed E-state index contributed by atoms with van der Waals surface area (Å²) in [5.41, 5.74) is 1.43. The molecule has 122 valence electrons. The molecule has 3 aromatic rings. The number of pyridine rings is 1. The average molecular weight is 325 g/mol. The molecule has 1 amide bonds. The van der Waals surface area contributed by atoms with E-state index < -0.39 is 0 Å². The Balaban J connectivity index is 1.87. The van der Waals surface area contributed by atoms with Crippen LogP contribution in [0.25, 0.3) is 11.3 Å². The Labute approximate surface area is 138 Å². The number of hydrogen-bond donors (Lipinski definition) is 1. The number of ether oxygens (including phenoxy) is 2. The molecule has 0 saturated carbocycles. The number of nitrogens with one attached hydrogen (secondary N) is 1. The van der Waals surface area contributed by atoms with E-state index in [0.717, 1.165) is 0 Å². The maximum Gasteiger partial charge on any atom is 0.277 e. The molecule has 0 aliphatic heterocycles. The summed E-state index contributed by atoms with van der Waals surface area (Å²) in [6.45, 7) is 0. The number of rotatable bonds is 5. The molecule has 0 unspecified atom stereocenters. The van der Waals surface area contributed by atoms with E-state index in [1.807, 2.05) is 0 Å². The third-order valence-corrected chi connectivity index (χ3v) is 3.35. The topological polar surface area (TPSA) is 86.5 Å². The summed E-state index contributed by atoms with van der Waals surface area (Å²) in [4.78, 5) is 16.1. The smallest absolute Gasteiger partial charge is 0.277 e. The Kier molecular flexibility index (Phi) is 4.42. The fourth-order valence-electron chi connectivity index (χ4n) is 2.15. The number of benzene rings is 1. The predicted molar refractivity (Wildman–Crippen MR) is 87.2 cm³/mol. The van der Waals surface area contributed by atoms with E-state index in [9.17, 15) is 4.79 Å². The molecule has 7 heteroatoms. The van der Waals surface area contributed by atoms with Gasteiger partial charge in [0.15, 0.2) is 11.5 Å². The molecule has 0 bridgehead atoms. The van der Waals surface area contributed by atoms with Gasteiger partial charge in [-0.05, 0) is 30.3 Å². The summed E-state index contributed by atoms with van der Waals surface area (Å²) in [6, 6.07) is 10.2. The van der Waals surface area contributed by atoms with Crippen molar-refractivity contribution in [3.8, 4) is 22.8 Å². The molecule has 0 spiro atoms. The van der Waals surface area contributed by atoms with E-state index in [2.05, 4.69) is 15.5 Å². The van der Waals surface area contributed by atoms with Crippen molar-refractivity contribution < 1.29 is 18.8 Å². The fourth-order valence-corrected chi connectivity index (χ4v) is 2.15. The van der Waals surface area contributed by atoms with Crippen LogP contribution in [0, 0.1) is 0 Å². The molecule has 2 heterocycles. The van der Waals surface area contributed by atoms with Gasteiger partial charge in [-0.1, -0.05) is 5.16 Å². The Morgan fingerprint density at radius 2 is 1.88 bits per heavy atom. The van der Waals surface area contributed by atoms with Crippen molar-refractivity contribution in [3.05, 3.63) is 54.5 Å². The second-order valence-electron chi connectivity index (χ2n) is 4.83. The maximum absolute atomic E-state index is 12.2. The molecule has 0 saturated heterocycles. The predicted octanol–water partition coefficient (Wildman–Crippen LogP) is 3.01. The van der Waals surface area contributed by atoms with E-state index in [1.54, 1.807) is 63.0 Å². The van der Waals surface area contributed by atoms with Crippen LogP contribution < -0.4 is 14.8 Å². The SMILES string of the molecule is COc1ccc(OC)c(-c2cc(C(=O)Nc3ccncc3)no2)c1. The molecule has 0 atom stereocenters.